The molecule has 0 saturated carbocycles. The summed E-state index contributed by atoms with van der Waals surface area (Å²) in [6, 6.07) is 19.0. The van der Waals surface area contributed by atoms with E-state index in [0.717, 1.165) is 11.1 Å². The Kier molecular flexibility index (Phi) is 5.99. The molecule has 114 valence electrons. The van der Waals surface area contributed by atoms with Crippen LogP contribution in [-0.4, -0.2) is 18.7 Å². The smallest absolute Gasteiger partial charge is 0.409 e. The van der Waals surface area contributed by atoms with Crippen LogP contribution in [0, 0.1) is 0 Å². The molecule has 0 aliphatic carbocycles. The number of nitrogens with one attached hydrogen (secondary N) is 2. The van der Waals surface area contributed by atoms with Crippen molar-refractivity contribution < 1.29 is 14.3 Å². The van der Waals surface area contributed by atoms with Crippen molar-refractivity contribution in [1.82, 2.24) is 10.6 Å². The Morgan fingerprint density at radius 3 is 2.18 bits per heavy atom. The van der Waals surface area contributed by atoms with Crippen molar-refractivity contribution in [3.05, 3.63) is 71.8 Å². The molecule has 0 fully saturated rings. The summed E-state index contributed by atoms with van der Waals surface area (Å²) < 4.78 is 5.14. The molecule has 2 rings (SSSR count). The lowest BCUT2D eigenvalue weighted by atomic mass is 10.1. The zero-order valence-corrected chi connectivity index (χ0v) is 12.1. The second kappa shape index (κ2) is 8.46. The molecule has 0 saturated heterocycles. The van der Waals surface area contributed by atoms with Crippen molar-refractivity contribution in [3.63, 3.8) is 0 Å². The molecular weight excluding hydrogens is 280 g/mol. The minimum atomic E-state index is -0.570. The second-order valence-corrected chi connectivity index (χ2v) is 4.73. The molecule has 2 aromatic rings. The Morgan fingerprint density at radius 1 is 1.00 bits per heavy atom. The van der Waals surface area contributed by atoms with Gasteiger partial charge in [-0.15, -0.1) is 0 Å². The zero-order chi connectivity index (χ0) is 15.6. The highest BCUT2D eigenvalue weighted by Crippen LogP contribution is 2.03. The standard InChI is InChI=1S/C17H18N2O3/c20-13-18-16(11-14-7-3-1-4-8-14)19-17(21)22-12-15-9-5-2-6-10-15/h1-10,13,16H,11-12H2,(H,18,20)(H,19,21). The van der Waals surface area contributed by atoms with Gasteiger partial charge in [0.15, 0.2) is 0 Å². The third-order valence-electron chi connectivity index (χ3n) is 3.06. The third kappa shape index (κ3) is 5.28. The summed E-state index contributed by atoms with van der Waals surface area (Å²) in [6.45, 7) is 0.186. The summed E-state index contributed by atoms with van der Waals surface area (Å²) in [6.07, 6.45) is -0.0345. The molecule has 0 radical (unpaired) electrons. The monoisotopic (exact) mass is 298 g/mol. The van der Waals surface area contributed by atoms with Gasteiger partial charge >= 0.3 is 6.09 Å². The summed E-state index contributed by atoms with van der Waals surface area (Å²) in [5.74, 6) is 0. The van der Waals surface area contributed by atoms with E-state index in [4.69, 9.17) is 4.74 Å². The van der Waals surface area contributed by atoms with E-state index in [1.165, 1.54) is 0 Å². The van der Waals surface area contributed by atoms with E-state index < -0.39 is 12.3 Å². The molecule has 0 bridgehead atoms. The van der Waals surface area contributed by atoms with Crippen LogP contribution in [0.25, 0.3) is 0 Å². The summed E-state index contributed by atoms with van der Waals surface area (Å²) in [7, 11) is 0. The average Bonchev–Trinajstić information content (AvgIpc) is 2.55. The highest BCUT2D eigenvalue weighted by atomic mass is 16.5. The maximum atomic E-state index is 11.8. The number of alkyl carbamates (subject to hydrolysis) is 1. The second-order valence-electron chi connectivity index (χ2n) is 4.73. The van der Waals surface area contributed by atoms with Crippen molar-refractivity contribution in [2.24, 2.45) is 0 Å². The summed E-state index contributed by atoms with van der Waals surface area (Å²) >= 11 is 0. The van der Waals surface area contributed by atoms with Gasteiger partial charge in [-0.2, -0.15) is 0 Å². The fraction of sp³-hybridized carbons (Fsp3) is 0.176. The van der Waals surface area contributed by atoms with E-state index in [1.54, 1.807) is 0 Å². The van der Waals surface area contributed by atoms with Crippen molar-refractivity contribution in [2.45, 2.75) is 19.2 Å². The molecule has 2 amide bonds. The Hall–Kier alpha value is -2.82. The number of rotatable bonds is 7. The Bertz CT molecular complexity index is 587. The van der Waals surface area contributed by atoms with Gasteiger partial charge in [-0.1, -0.05) is 60.7 Å². The number of amides is 2. The van der Waals surface area contributed by atoms with Crippen LogP contribution in [0.2, 0.25) is 0 Å². The molecule has 5 heteroatoms. The first-order valence-corrected chi connectivity index (χ1v) is 6.99. The van der Waals surface area contributed by atoms with Crippen LogP contribution < -0.4 is 10.6 Å². The first-order valence-electron chi connectivity index (χ1n) is 6.99. The maximum Gasteiger partial charge on any atom is 0.409 e. The highest BCUT2D eigenvalue weighted by molar-refractivity contribution is 5.68. The predicted molar refractivity (Wildman–Crippen MR) is 82.9 cm³/mol. The van der Waals surface area contributed by atoms with Gasteiger partial charge in [-0.25, -0.2) is 4.79 Å². The van der Waals surface area contributed by atoms with E-state index in [1.807, 2.05) is 60.7 Å². The van der Waals surface area contributed by atoms with Crippen LogP contribution in [0.5, 0.6) is 0 Å². The topological polar surface area (TPSA) is 67.4 Å². The van der Waals surface area contributed by atoms with Crippen LogP contribution in [0.4, 0.5) is 4.79 Å². The number of carbonyl (C=O) groups excluding carboxylic acids is 2. The Balaban J connectivity index is 1.84. The van der Waals surface area contributed by atoms with Crippen LogP contribution in [0.15, 0.2) is 60.7 Å². The van der Waals surface area contributed by atoms with E-state index in [9.17, 15) is 9.59 Å². The third-order valence-corrected chi connectivity index (χ3v) is 3.06. The number of carbonyl (C=O) groups is 2. The van der Waals surface area contributed by atoms with Gasteiger partial charge in [-0.3, -0.25) is 4.79 Å². The van der Waals surface area contributed by atoms with Gasteiger partial charge in [0.25, 0.3) is 0 Å². The fourth-order valence-corrected chi connectivity index (χ4v) is 1.99. The molecule has 0 aliphatic heterocycles. The summed E-state index contributed by atoms with van der Waals surface area (Å²) in [5.41, 5.74) is 1.91. The molecule has 22 heavy (non-hydrogen) atoms. The van der Waals surface area contributed by atoms with Gasteiger partial charge in [-0.05, 0) is 11.1 Å². The molecule has 2 N–H and O–H groups in total. The van der Waals surface area contributed by atoms with Gasteiger partial charge in [0, 0.05) is 6.42 Å². The Morgan fingerprint density at radius 2 is 1.59 bits per heavy atom. The van der Waals surface area contributed by atoms with E-state index in [-0.39, 0.29) is 6.61 Å². The van der Waals surface area contributed by atoms with Crippen LogP contribution in [-0.2, 0) is 22.6 Å². The molecular formula is C17H18N2O3. The molecule has 1 unspecified atom stereocenters. The van der Waals surface area contributed by atoms with Gasteiger partial charge in [0.1, 0.15) is 12.8 Å². The van der Waals surface area contributed by atoms with E-state index in [2.05, 4.69) is 10.6 Å². The van der Waals surface area contributed by atoms with E-state index >= 15 is 0 Å². The lowest BCUT2D eigenvalue weighted by molar-refractivity contribution is -0.110. The van der Waals surface area contributed by atoms with Crippen LogP contribution in [0.1, 0.15) is 11.1 Å². The Labute approximate surface area is 129 Å². The van der Waals surface area contributed by atoms with Gasteiger partial charge in [0.2, 0.25) is 6.41 Å². The molecule has 5 nitrogen and oxygen atoms in total. The number of hydrogen-bond acceptors (Lipinski definition) is 3. The van der Waals surface area contributed by atoms with Crippen molar-refractivity contribution >= 4 is 12.5 Å². The maximum absolute atomic E-state index is 11.8. The molecule has 1 atom stereocenters. The SMILES string of the molecule is O=CNC(Cc1ccccc1)NC(=O)OCc1ccccc1. The quantitative estimate of drug-likeness (QED) is 0.608. The van der Waals surface area contributed by atoms with Crippen molar-refractivity contribution in [1.29, 1.82) is 0 Å². The van der Waals surface area contributed by atoms with Crippen LogP contribution in [0.3, 0.4) is 0 Å². The first kappa shape index (κ1) is 15.6. The fourth-order valence-electron chi connectivity index (χ4n) is 1.99. The normalized spacial score (nSPS) is 11.3. The number of ether oxygens (including phenoxy) is 1. The highest BCUT2D eigenvalue weighted by Gasteiger charge is 2.12. The first-order chi connectivity index (χ1) is 10.8. The average molecular weight is 298 g/mol. The lowest BCUT2D eigenvalue weighted by Gasteiger charge is -2.17. The zero-order valence-electron chi connectivity index (χ0n) is 12.1. The van der Waals surface area contributed by atoms with Crippen molar-refractivity contribution in [2.75, 3.05) is 0 Å². The van der Waals surface area contributed by atoms with Gasteiger partial charge < -0.3 is 15.4 Å². The molecule has 0 heterocycles. The molecule has 2 aromatic carbocycles. The van der Waals surface area contributed by atoms with E-state index in [0.29, 0.717) is 12.8 Å². The summed E-state index contributed by atoms with van der Waals surface area (Å²) in [5, 5.41) is 5.20. The number of benzene rings is 2. The number of hydrogen-bond donors (Lipinski definition) is 2. The van der Waals surface area contributed by atoms with Crippen LogP contribution >= 0.6 is 0 Å². The van der Waals surface area contributed by atoms with Gasteiger partial charge in [0.05, 0.1) is 0 Å². The predicted octanol–water partition coefficient (Wildman–Crippen LogP) is 2.23. The minimum Gasteiger partial charge on any atom is -0.445 e. The molecule has 0 aromatic heterocycles. The largest absolute Gasteiger partial charge is 0.445 e. The minimum absolute atomic E-state index is 0.186. The van der Waals surface area contributed by atoms with Crippen molar-refractivity contribution in [3.8, 4) is 0 Å². The lowest BCUT2D eigenvalue weighted by Crippen LogP contribution is -2.46. The molecule has 0 spiro atoms. The molecule has 0 aliphatic rings. The summed E-state index contributed by atoms with van der Waals surface area (Å²) in [4.78, 5) is 22.5.